The first kappa shape index (κ1) is 17.5. The van der Waals surface area contributed by atoms with Crippen molar-refractivity contribution < 1.29 is 23.1 Å². The fraction of sp³-hybridized carbons (Fsp3) is 0.150. The van der Waals surface area contributed by atoms with Gasteiger partial charge in [0.15, 0.2) is 5.76 Å². The van der Waals surface area contributed by atoms with Crippen LogP contribution in [0.1, 0.15) is 23.2 Å². The lowest BCUT2D eigenvalue weighted by Crippen LogP contribution is -2.10. The minimum absolute atomic E-state index is 0.141. The molecule has 3 rings (SSSR count). The summed E-state index contributed by atoms with van der Waals surface area (Å²) in [5.74, 6) is 1.24. The van der Waals surface area contributed by atoms with Crippen LogP contribution in [0.5, 0.6) is 11.5 Å². The van der Waals surface area contributed by atoms with Gasteiger partial charge < -0.3 is 19.2 Å². The molecule has 0 fully saturated rings. The van der Waals surface area contributed by atoms with Gasteiger partial charge in [0.05, 0.1) is 6.61 Å². The van der Waals surface area contributed by atoms with Crippen LogP contribution >= 0.6 is 0 Å². The van der Waals surface area contributed by atoms with Gasteiger partial charge in [0, 0.05) is 5.69 Å². The number of hydrogen-bond donors (Lipinski definition) is 1. The number of halogens is 1. The molecule has 0 saturated carbocycles. The van der Waals surface area contributed by atoms with Crippen molar-refractivity contribution in [2.24, 2.45) is 0 Å². The molecule has 0 saturated heterocycles. The lowest BCUT2D eigenvalue weighted by molar-refractivity contribution is 0.0992. The molecule has 1 heterocycles. The zero-order valence-electron chi connectivity index (χ0n) is 14.2. The number of nitrogens with one attached hydrogen (secondary N) is 1. The Hall–Kier alpha value is -3.28. The SMILES string of the molecule is CCOc1ccc(NC(=O)c2ccc(COc3ccc(F)cc3)o2)cc1. The van der Waals surface area contributed by atoms with Gasteiger partial charge in [-0.05, 0) is 67.6 Å². The van der Waals surface area contributed by atoms with Crippen LogP contribution in [-0.4, -0.2) is 12.5 Å². The van der Waals surface area contributed by atoms with E-state index >= 15 is 0 Å². The minimum atomic E-state index is -0.359. The van der Waals surface area contributed by atoms with Crippen LogP contribution in [0.15, 0.2) is 65.1 Å². The van der Waals surface area contributed by atoms with Gasteiger partial charge in [-0.15, -0.1) is 0 Å². The zero-order valence-corrected chi connectivity index (χ0v) is 14.2. The minimum Gasteiger partial charge on any atom is -0.494 e. The highest BCUT2D eigenvalue weighted by Gasteiger charge is 2.12. The Labute approximate surface area is 150 Å². The van der Waals surface area contributed by atoms with E-state index in [0.717, 1.165) is 5.75 Å². The van der Waals surface area contributed by atoms with Crippen LogP contribution < -0.4 is 14.8 Å². The number of hydrogen-bond acceptors (Lipinski definition) is 4. The van der Waals surface area contributed by atoms with Gasteiger partial charge in [-0.2, -0.15) is 0 Å². The quantitative estimate of drug-likeness (QED) is 0.670. The predicted octanol–water partition coefficient (Wildman–Crippen LogP) is 4.65. The van der Waals surface area contributed by atoms with Crippen LogP contribution in [-0.2, 0) is 6.61 Å². The lowest BCUT2D eigenvalue weighted by Gasteiger charge is -2.06. The molecule has 0 spiro atoms. The van der Waals surface area contributed by atoms with Crippen LogP contribution in [0.2, 0.25) is 0 Å². The lowest BCUT2D eigenvalue weighted by atomic mass is 10.3. The van der Waals surface area contributed by atoms with Crippen LogP contribution in [0, 0.1) is 5.82 Å². The molecule has 0 bridgehead atoms. The van der Waals surface area contributed by atoms with Crippen LogP contribution in [0.25, 0.3) is 0 Å². The maximum Gasteiger partial charge on any atom is 0.291 e. The summed E-state index contributed by atoms with van der Waals surface area (Å²) in [4.78, 5) is 12.2. The van der Waals surface area contributed by atoms with E-state index in [4.69, 9.17) is 13.9 Å². The van der Waals surface area contributed by atoms with E-state index in [2.05, 4.69) is 5.32 Å². The van der Waals surface area contributed by atoms with Gasteiger partial charge in [-0.25, -0.2) is 4.39 Å². The topological polar surface area (TPSA) is 60.7 Å². The van der Waals surface area contributed by atoms with Crippen molar-refractivity contribution in [3.05, 3.63) is 78.0 Å². The average molecular weight is 355 g/mol. The Bertz CT molecular complexity index is 856. The Morgan fingerprint density at radius 1 is 0.962 bits per heavy atom. The molecule has 0 unspecified atom stereocenters. The first-order valence-corrected chi connectivity index (χ1v) is 8.15. The molecular weight excluding hydrogens is 337 g/mol. The second kappa shape index (κ2) is 8.20. The maximum atomic E-state index is 12.9. The summed E-state index contributed by atoms with van der Waals surface area (Å²) in [6, 6.07) is 16.0. The Kier molecular flexibility index (Phi) is 5.53. The van der Waals surface area contributed by atoms with Crippen molar-refractivity contribution in [3.63, 3.8) is 0 Å². The van der Waals surface area contributed by atoms with E-state index in [1.807, 2.05) is 6.92 Å². The molecule has 0 aliphatic rings. The smallest absolute Gasteiger partial charge is 0.291 e. The molecule has 26 heavy (non-hydrogen) atoms. The molecule has 3 aromatic rings. The second-order valence-corrected chi connectivity index (χ2v) is 5.42. The van der Waals surface area contributed by atoms with Crippen molar-refractivity contribution in [3.8, 4) is 11.5 Å². The first-order chi connectivity index (χ1) is 12.6. The molecule has 1 aromatic heterocycles. The largest absolute Gasteiger partial charge is 0.494 e. The van der Waals surface area contributed by atoms with E-state index in [9.17, 15) is 9.18 Å². The number of carbonyl (C=O) groups is 1. The van der Waals surface area contributed by atoms with Gasteiger partial charge in [0.2, 0.25) is 0 Å². The third-order valence-electron chi connectivity index (χ3n) is 3.50. The number of furan rings is 1. The molecule has 2 aromatic carbocycles. The third-order valence-corrected chi connectivity index (χ3v) is 3.50. The Morgan fingerprint density at radius 3 is 2.31 bits per heavy atom. The number of ether oxygens (including phenoxy) is 2. The summed E-state index contributed by atoms with van der Waals surface area (Å²) in [6.45, 7) is 2.63. The zero-order chi connectivity index (χ0) is 18.4. The highest BCUT2D eigenvalue weighted by Crippen LogP contribution is 2.18. The fourth-order valence-corrected chi connectivity index (χ4v) is 2.26. The second-order valence-electron chi connectivity index (χ2n) is 5.42. The fourth-order valence-electron chi connectivity index (χ4n) is 2.26. The van der Waals surface area contributed by atoms with Gasteiger partial charge in [0.25, 0.3) is 5.91 Å². The van der Waals surface area contributed by atoms with E-state index in [1.54, 1.807) is 36.4 Å². The number of rotatable bonds is 7. The van der Waals surface area contributed by atoms with Crippen molar-refractivity contribution in [2.75, 3.05) is 11.9 Å². The van der Waals surface area contributed by atoms with Crippen LogP contribution in [0.4, 0.5) is 10.1 Å². The molecule has 0 aliphatic heterocycles. The molecular formula is C20H18FNO4. The number of anilines is 1. The molecule has 1 amide bonds. The number of amides is 1. The molecule has 0 atom stereocenters. The van der Waals surface area contributed by atoms with Crippen molar-refractivity contribution >= 4 is 11.6 Å². The van der Waals surface area contributed by atoms with E-state index in [-0.39, 0.29) is 24.1 Å². The van der Waals surface area contributed by atoms with Gasteiger partial charge in [-0.3, -0.25) is 4.79 Å². The van der Waals surface area contributed by atoms with E-state index in [0.29, 0.717) is 23.8 Å². The molecule has 5 nitrogen and oxygen atoms in total. The first-order valence-electron chi connectivity index (χ1n) is 8.15. The molecule has 6 heteroatoms. The van der Waals surface area contributed by atoms with E-state index < -0.39 is 0 Å². The van der Waals surface area contributed by atoms with Crippen molar-refractivity contribution in [1.29, 1.82) is 0 Å². The summed E-state index contributed by atoms with van der Waals surface area (Å²) in [5.41, 5.74) is 0.638. The average Bonchev–Trinajstić information content (AvgIpc) is 3.12. The summed E-state index contributed by atoms with van der Waals surface area (Å²) in [7, 11) is 0. The number of benzene rings is 2. The highest BCUT2D eigenvalue weighted by molar-refractivity contribution is 6.02. The monoisotopic (exact) mass is 355 g/mol. The Balaban J connectivity index is 1.56. The van der Waals surface area contributed by atoms with Gasteiger partial charge in [0.1, 0.15) is 29.7 Å². The summed E-state index contributed by atoms with van der Waals surface area (Å²) in [6.07, 6.45) is 0. The van der Waals surface area contributed by atoms with Crippen molar-refractivity contribution in [1.82, 2.24) is 0 Å². The molecule has 134 valence electrons. The van der Waals surface area contributed by atoms with Gasteiger partial charge >= 0.3 is 0 Å². The van der Waals surface area contributed by atoms with Gasteiger partial charge in [-0.1, -0.05) is 0 Å². The summed E-state index contributed by atoms with van der Waals surface area (Å²) < 4.78 is 29.2. The van der Waals surface area contributed by atoms with E-state index in [1.165, 1.54) is 24.3 Å². The normalized spacial score (nSPS) is 10.4. The standard InChI is InChI=1S/C20H18FNO4/c1-2-24-16-9-5-15(6-10-16)22-20(23)19-12-11-18(26-19)13-25-17-7-3-14(21)4-8-17/h3-12H,2,13H2,1H3,(H,22,23). The summed E-state index contributed by atoms with van der Waals surface area (Å²) >= 11 is 0. The maximum absolute atomic E-state index is 12.9. The van der Waals surface area contributed by atoms with Crippen LogP contribution in [0.3, 0.4) is 0 Å². The molecule has 0 radical (unpaired) electrons. The Morgan fingerprint density at radius 2 is 1.62 bits per heavy atom. The van der Waals surface area contributed by atoms with Crippen molar-refractivity contribution in [2.45, 2.75) is 13.5 Å². The number of carbonyl (C=O) groups excluding carboxylic acids is 1. The predicted molar refractivity (Wildman–Crippen MR) is 95.0 cm³/mol. The molecule has 0 aliphatic carbocycles. The molecule has 1 N–H and O–H groups in total. The summed E-state index contributed by atoms with van der Waals surface area (Å²) in [5, 5.41) is 2.75. The highest BCUT2D eigenvalue weighted by atomic mass is 19.1. The third kappa shape index (κ3) is 4.63.